The standard InChI is InChI=1S/C17H19FN2O3S/c1-9-7-12(18)5-6-13(9)19-8-14(21)20-16-15(17(22)23-4)10(2)11(3)24-16/h5-7,19H,8H2,1-4H3,(H,20,21). The number of aryl methyl sites for hydroxylation is 2. The van der Waals surface area contributed by atoms with Crippen LogP contribution < -0.4 is 10.6 Å². The quantitative estimate of drug-likeness (QED) is 0.808. The van der Waals surface area contributed by atoms with Gasteiger partial charge in [0.15, 0.2) is 0 Å². The van der Waals surface area contributed by atoms with Crippen LogP contribution in [-0.2, 0) is 9.53 Å². The first-order valence-corrected chi connectivity index (χ1v) is 8.13. The highest BCUT2D eigenvalue weighted by atomic mass is 32.1. The number of halogens is 1. The fourth-order valence-corrected chi connectivity index (χ4v) is 3.30. The summed E-state index contributed by atoms with van der Waals surface area (Å²) in [5, 5.41) is 6.16. The Morgan fingerprint density at radius 3 is 2.58 bits per heavy atom. The van der Waals surface area contributed by atoms with Gasteiger partial charge in [0.1, 0.15) is 10.8 Å². The van der Waals surface area contributed by atoms with Crippen LogP contribution in [0.1, 0.15) is 26.4 Å². The minimum absolute atomic E-state index is 0.00306. The van der Waals surface area contributed by atoms with Crippen molar-refractivity contribution in [1.82, 2.24) is 0 Å². The van der Waals surface area contributed by atoms with Gasteiger partial charge in [-0.25, -0.2) is 9.18 Å². The number of benzene rings is 1. The van der Waals surface area contributed by atoms with E-state index in [4.69, 9.17) is 4.74 Å². The number of ether oxygens (including phenoxy) is 1. The number of methoxy groups -OCH3 is 1. The van der Waals surface area contributed by atoms with Crippen molar-refractivity contribution in [1.29, 1.82) is 0 Å². The zero-order chi connectivity index (χ0) is 17.9. The fraction of sp³-hybridized carbons (Fsp3) is 0.294. The number of hydrogen-bond donors (Lipinski definition) is 2. The SMILES string of the molecule is COC(=O)c1c(NC(=O)CNc2ccc(F)cc2C)sc(C)c1C. The van der Waals surface area contributed by atoms with E-state index in [0.717, 1.165) is 10.4 Å². The number of esters is 1. The molecule has 1 aromatic heterocycles. The number of hydrogen-bond acceptors (Lipinski definition) is 5. The van der Waals surface area contributed by atoms with Crippen LogP contribution in [0.5, 0.6) is 0 Å². The van der Waals surface area contributed by atoms with Crippen molar-refractivity contribution in [2.75, 3.05) is 24.3 Å². The summed E-state index contributed by atoms with van der Waals surface area (Å²) in [7, 11) is 1.30. The molecule has 0 aliphatic heterocycles. The summed E-state index contributed by atoms with van der Waals surface area (Å²) >= 11 is 1.33. The van der Waals surface area contributed by atoms with Crippen LogP contribution >= 0.6 is 11.3 Å². The molecule has 0 bridgehead atoms. The molecule has 0 atom stereocenters. The molecule has 0 fully saturated rings. The molecule has 0 aliphatic carbocycles. The summed E-state index contributed by atoms with van der Waals surface area (Å²) < 4.78 is 17.9. The lowest BCUT2D eigenvalue weighted by molar-refractivity contribution is -0.114. The Morgan fingerprint density at radius 1 is 1.25 bits per heavy atom. The fourth-order valence-electron chi connectivity index (χ4n) is 2.23. The lowest BCUT2D eigenvalue weighted by Crippen LogP contribution is -2.22. The molecule has 1 heterocycles. The molecular weight excluding hydrogens is 331 g/mol. The minimum Gasteiger partial charge on any atom is -0.465 e. The number of thiophene rings is 1. The first-order chi connectivity index (χ1) is 11.3. The van der Waals surface area contributed by atoms with Gasteiger partial charge in [0.2, 0.25) is 5.91 Å². The van der Waals surface area contributed by atoms with E-state index in [0.29, 0.717) is 21.8 Å². The molecule has 0 unspecified atom stereocenters. The van der Waals surface area contributed by atoms with Crippen molar-refractivity contribution in [3.63, 3.8) is 0 Å². The van der Waals surface area contributed by atoms with Gasteiger partial charge in [0, 0.05) is 10.6 Å². The predicted octanol–water partition coefficient (Wildman–Crippen LogP) is 3.65. The van der Waals surface area contributed by atoms with Crippen LogP contribution in [0.25, 0.3) is 0 Å². The van der Waals surface area contributed by atoms with Gasteiger partial charge in [0.05, 0.1) is 19.2 Å². The van der Waals surface area contributed by atoms with Gasteiger partial charge in [0.25, 0.3) is 0 Å². The third-order valence-electron chi connectivity index (χ3n) is 3.66. The van der Waals surface area contributed by atoms with Crippen molar-refractivity contribution < 1.29 is 18.7 Å². The Hall–Kier alpha value is -2.41. The highest BCUT2D eigenvalue weighted by Gasteiger charge is 2.21. The largest absolute Gasteiger partial charge is 0.465 e. The molecule has 0 saturated carbocycles. The number of rotatable bonds is 5. The lowest BCUT2D eigenvalue weighted by atomic mass is 10.1. The molecule has 0 radical (unpaired) electrons. The summed E-state index contributed by atoms with van der Waals surface area (Å²) in [6.45, 7) is 5.45. The van der Waals surface area contributed by atoms with Crippen LogP contribution in [0.3, 0.4) is 0 Å². The summed E-state index contributed by atoms with van der Waals surface area (Å²) in [6, 6.07) is 4.30. The molecule has 7 heteroatoms. The summed E-state index contributed by atoms with van der Waals surface area (Å²) in [5.74, 6) is -1.10. The van der Waals surface area contributed by atoms with Crippen molar-refractivity contribution in [2.24, 2.45) is 0 Å². The minimum atomic E-state index is -0.477. The highest BCUT2D eigenvalue weighted by Crippen LogP contribution is 2.32. The van der Waals surface area contributed by atoms with E-state index in [9.17, 15) is 14.0 Å². The average Bonchev–Trinajstić information content (AvgIpc) is 2.80. The van der Waals surface area contributed by atoms with E-state index in [2.05, 4.69) is 10.6 Å². The van der Waals surface area contributed by atoms with Crippen LogP contribution in [0, 0.1) is 26.6 Å². The van der Waals surface area contributed by atoms with Gasteiger partial charge >= 0.3 is 5.97 Å². The maximum absolute atomic E-state index is 13.1. The van der Waals surface area contributed by atoms with Crippen molar-refractivity contribution in [3.8, 4) is 0 Å². The van der Waals surface area contributed by atoms with Gasteiger partial charge in [-0.3, -0.25) is 4.79 Å². The lowest BCUT2D eigenvalue weighted by Gasteiger charge is -2.10. The average molecular weight is 350 g/mol. The van der Waals surface area contributed by atoms with E-state index in [1.165, 1.54) is 30.6 Å². The third-order valence-corrected chi connectivity index (χ3v) is 4.78. The Bertz CT molecular complexity index is 786. The second kappa shape index (κ2) is 7.44. The van der Waals surface area contributed by atoms with Crippen molar-refractivity contribution >= 4 is 33.9 Å². The molecule has 2 N–H and O–H groups in total. The van der Waals surface area contributed by atoms with E-state index >= 15 is 0 Å². The molecule has 2 aromatic rings. The maximum Gasteiger partial charge on any atom is 0.341 e. The van der Waals surface area contributed by atoms with E-state index < -0.39 is 5.97 Å². The van der Waals surface area contributed by atoms with Gasteiger partial charge in [-0.05, 0) is 50.1 Å². The van der Waals surface area contributed by atoms with E-state index in [1.807, 2.05) is 13.8 Å². The van der Waals surface area contributed by atoms with Crippen molar-refractivity contribution in [2.45, 2.75) is 20.8 Å². The number of carbonyl (C=O) groups is 2. The van der Waals surface area contributed by atoms with Gasteiger partial charge in [-0.2, -0.15) is 0 Å². The van der Waals surface area contributed by atoms with Crippen LogP contribution in [-0.4, -0.2) is 25.5 Å². The molecule has 128 valence electrons. The number of amides is 1. The summed E-state index contributed by atoms with van der Waals surface area (Å²) in [5.41, 5.74) is 2.56. The maximum atomic E-state index is 13.1. The number of nitrogens with one attached hydrogen (secondary N) is 2. The topological polar surface area (TPSA) is 67.4 Å². The molecule has 1 aromatic carbocycles. The summed E-state index contributed by atoms with van der Waals surface area (Å²) in [6.07, 6.45) is 0. The van der Waals surface area contributed by atoms with Gasteiger partial charge in [-0.1, -0.05) is 0 Å². The molecule has 1 amide bonds. The highest BCUT2D eigenvalue weighted by molar-refractivity contribution is 7.16. The third kappa shape index (κ3) is 3.91. The van der Waals surface area contributed by atoms with Crippen molar-refractivity contribution in [3.05, 3.63) is 45.6 Å². The molecule has 5 nitrogen and oxygen atoms in total. The van der Waals surface area contributed by atoms with Gasteiger partial charge < -0.3 is 15.4 Å². The zero-order valence-corrected chi connectivity index (χ0v) is 14.8. The number of anilines is 2. The first kappa shape index (κ1) is 17.9. The Balaban J connectivity index is 2.07. The van der Waals surface area contributed by atoms with E-state index in [1.54, 1.807) is 13.0 Å². The summed E-state index contributed by atoms with van der Waals surface area (Å²) in [4.78, 5) is 25.0. The second-order valence-corrected chi connectivity index (χ2v) is 6.56. The predicted molar refractivity (Wildman–Crippen MR) is 93.4 cm³/mol. The zero-order valence-electron chi connectivity index (χ0n) is 14.0. The normalized spacial score (nSPS) is 10.4. The van der Waals surface area contributed by atoms with Crippen LogP contribution in [0.2, 0.25) is 0 Å². The van der Waals surface area contributed by atoms with Gasteiger partial charge in [-0.15, -0.1) is 11.3 Å². The molecule has 0 saturated heterocycles. The first-order valence-electron chi connectivity index (χ1n) is 7.31. The van der Waals surface area contributed by atoms with Crippen LogP contribution in [0.15, 0.2) is 18.2 Å². The number of carbonyl (C=O) groups excluding carboxylic acids is 2. The Morgan fingerprint density at radius 2 is 1.96 bits per heavy atom. The molecule has 0 aliphatic rings. The smallest absolute Gasteiger partial charge is 0.341 e. The molecule has 24 heavy (non-hydrogen) atoms. The second-order valence-electron chi connectivity index (χ2n) is 5.34. The van der Waals surface area contributed by atoms with Crippen LogP contribution in [0.4, 0.5) is 15.1 Å². The monoisotopic (exact) mass is 350 g/mol. The Kier molecular flexibility index (Phi) is 5.56. The Labute approximate surface area is 143 Å². The molecule has 0 spiro atoms. The van der Waals surface area contributed by atoms with E-state index in [-0.39, 0.29) is 18.3 Å². The molecule has 2 rings (SSSR count). The molecular formula is C17H19FN2O3S.